The first-order valence-corrected chi connectivity index (χ1v) is 11.8. The Hall–Kier alpha value is -3.04. The van der Waals surface area contributed by atoms with Crippen LogP contribution in [-0.4, -0.2) is 49.5 Å². The van der Waals surface area contributed by atoms with Crippen LogP contribution in [0.4, 0.5) is 10.7 Å². The molecule has 0 aromatic carbocycles. The second-order valence-electron chi connectivity index (χ2n) is 10.4. The molecule has 10 nitrogen and oxygen atoms in total. The highest BCUT2D eigenvalue weighted by molar-refractivity contribution is 5.75. The molecule has 1 N–H and O–H groups in total. The van der Waals surface area contributed by atoms with Crippen LogP contribution >= 0.6 is 0 Å². The van der Waals surface area contributed by atoms with Gasteiger partial charge in [0.25, 0.3) is 5.56 Å². The van der Waals surface area contributed by atoms with Crippen LogP contribution in [0.15, 0.2) is 21.2 Å². The molecule has 188 valence electrons. The average molecular weight is 475 g/mol. The summed E-state index contributed by atoms with van der Waals surface area (Å²) < 4.78 is 9.87. The number of carbonyl (C=O) groups excluding carboxylic acids is 1. The molecule has 2 atom stereocenters. The number of nitrogens with one attached hydrogen (secondary N) is 1. The van der Waals surface area contributed by atoms with Crippen LogP contribution in [0.2, 0.25) is 0 Å². The molecular weight excluding hydrogens is 436 g/mol. The standard InChI is InChI=1S/C24H38N6O4/c1-15(2)13-14-30-18-19(28(7)23(33)29(8)20(18)31)26-21(30)27(6)17-12-10-9-11-16(17)25-22(32)34-24(3,4)5/h13,16-17H,9-12,14H2,1-8H3,(H,25,32)/t16-,17+/m0/s1. The van der Waals surface area contributed by atoms with Gasteiger partial charge in [0.2, 0.25) is 5.95 Å². The summed E-state index contributed by atoms with van der Waals surface area (Å²) in [6.07, 6.45) is 5.30. The number of alkyl carbamates (subject to hydrolysis) is 1. The van der Waals surface area contributed by atoms with Crippen molar-refractivity contribution in [3.63, 3.8) is 0 Å². The lowest BCUT2D eigenvalue weighted by Gasteiger charge is -2.39. The van der Waals surface area contributed by atoms with Gasteiger partial charge in [-0.15, -0.1) is 0 Å². The van der Waals surface area contributed by atoms with E-state index in [4.69, 9.17) is 9.72 Å². The second-order valence-corrected chi connectivity index (χ2v) is 10.4. The second kappa shape index (κ2) is 9.68. The maximum Gasteiger partial charge on any atom is 0.407 e. The molecule has 1 saturated carbocycles. The number of hydrogen-bond donors (Lipinski definition) is 1. The fourth-order valence-electron chi connectivity index (χ4n) is 4.50. The normalized spacial score (nSPS) is 18.6. The Balaban J connectivity index is 2.07. The number of nitrogens with zero attached hydrogens (tertiary/aromatic N) is 5. The van der Waals surface area contributed by atoms with E-state index in [0.29, 0.717) is 23.7 Å². The third-order valence-corrected chi connectivity index (χ3v) is 6.25. The third-order valence-electron chi connectivity index (χ3n) is 6.25. The third kappa shape index (κ3) is 5.20. The van der Waals surface area contributed by atoms with Crippen LogP contribution in [0.5, 0.6) is 0 Å². The first-order valence-electron chi connectivity index (χ1n) is 11.8. The quantitative estimate of drug-likeness (QED) is 0.669. The highest BCUT2D eigenvalue weighted by Gasteiger charge is 2.33. The van der Waals surface area contributed by atoms with Crippen LogP contribution in [0.1, 0.15) is 60.3 Å². The van der Waals surface area contributed by atoms with E-state index in [9.17, 15) is 14.4 Å². The van der Waals surface area contributed by atoms with Crippen molar-refractivity contribution in [2.45, 2.75) is 84.5 Å². The van der Waals surface area contributed by atoms with Crippen molar-refractivity contribution in [2.24, 2.45) is 14.1 Å². The van der Waals surface area contributed by atoms with Crippen LogP contribution in [0, 0.1) is 0 Å². The summed E-state index contributed by atoms with van der Waals surface area (Å²) in [5.41, 5.74) is 0.476. The average Bonchev–Trinajstić information content (AvgIpc) is 3.13. The van der Waals surface area contributed by atoms with Gasteiger partial charge >= 0.3 is 11.8 Å². The number of hydrogen-bond acceptors (Lipinski definition) is 6. The van der Waals surface area contributed by atoms with E-state index in [-0.39, 0.29) is 17.6 Å². The first-order chi connectivity index (χ1) is 15.8. The van der Waals surface area contributed by atoms with Gasteiger partial charge in [-0.25, -0.2) is 9.59 Å². The van der Waals surface area contributed by atoms with Crippen molar-refractivity contribution in [1.29, 1.82) is 0 Å². The van der Waals surface area contributed by atoms with E-state index in [1.807, 2.05) is 57.2 Å². The Morgan fingerprint density at radius 2 is 1.82 bits per heavy atom. The lowest BCUT2D eigenvalue weighted by molar-refractivity contribution is 0.0485. The van der Waals surface area contributed by atoms with Crippen LogP contribution in [0.25, 0.3) is 11.2 Å². The smallest absolute Gasteiger partial charge is 0.407 e. The van der Waals surface area contributed by atoms with Crippen molar-refractivity contribution in [2.75, 3.05) is 11.9 Å². The van der Waals surface area contributed by atoms with Crippen molar-refractivity contribution < 1.29 is 9.53 Å². The molecule has 1 amide bonds. The highest BCUT2D eigenvalue weighted by Crippen LogP contribution is 2.28. The van der Waals surface area contributed by atoms with Gasteiger partial charge in [0.05, 0.1) is 12.1 Å². The van der Waals surface area contributed by atoms with Gasteiger partial charge in [0.15, 0.2) is 11.2 Å². The van der Waals surface area contributed by atoms with Gasteiger partial charge in [0.1, 0.15) is 5.60 Å². The van der Waals surface area contributed by atoms with Gasteiger partial charge in [-0.1, -0.05) is 24.5 Å². The predicted molar refractivity (Wildman–Crippen MR) is 133 cm³/mol. The number of carbonyl (C=O) groups is 1. The maximum atomic E-state index is 13.1. The van der Waals surface area contributed by atoms with E-state index in [2.05, 4.69) is 5.32 Å². The molecule has 0 radical (unpaired) electrons. The summed E-state index contributed by atoms with van der Waals surface area (Å²) in [6, 6.07) is -0.165. The van der Waals surface area contributed by atoms with Crippen molar-refractivity contribution in [1.82, 2.24) is 24.0 Å². The van der Waals surface area contributed by atoms with E-state index in [1.54, 1.807) is 7.05 Å². The number of aryl methyl sites for hydroxylation is 1. The molecule has 0 unspecified atom stereocenters. The molecular formula is C24H38N6O4. The molecule has 2 aromatic rings. The Kier molecular flexibility index (Phi) is 7.28. The van der Waals surface area contributed by atoms with Crippen LogP contribution in [0.3, 0.4) is 0 Å². The van der Waals surface area contributed by atoms with Crippen LogP contribution < -0.4 is 21.5 Å². The van der Waals surface area contributed by atoms with Crippen molar-refractivity contribution in [3.8, 4) is 0 Å². The van der Waals surface area contributed by atoms with E-state index in [0.717, 1.165) is 35.8 Å². The highest BCUT2D eigenvalue weighted by atomic mass is 16.6. The number of imidazole rings is 1. The van der Waals surface area contributed by atoms with E-state index < -0.39 is 17.4 Å². The number of rotatable bonds is 5. The Bertz CT molecular complexity index is 1210. The van der Waals surface area contributed by atoms with Gasteiger partial charge in [-0.05, 0) is 47.5 Å². The summed E-state index contributed by atoms with van der Waals surface area (Å²) in [7, 11) is 5.04. The monoisotopic (exact) mass is 474 g/mol. The summed E-state index contributed by atoms with van der Waals surface area (Å²) in [6.45, 7) is 9.97. The van der Waals surface area contributed by atoms with Crippen LogP contribution in [-0.2, 0) is 25.4 Å². The summed E-state index contributed by atoms with van der Waals surface area (Å²) >= 11 is 0. The molecule has 0 spiro atoms. The molecule has 34 heavy (non-hydrogen) atoms. The van der Waals surface area contributed by atoms with E-state index in [1.165, 1.54) is 11.6 Å². The van der Waals surface area contributed by atoms with Gasteiger partial charge in [0, 0.05) is 27.7 Å². The lowest BCUT2D eigenvalue weighted by atomic mass is 9.89. The number of ether oxygens (including phenoxy) is 1. The predicted octanol–water partition coefficient (Wildman–Crippen LogP) is 2.67. The SMILES string of the molecule is CC(C)=CCn1c(N(C)[C@@H]2CCCC[C@@H]2NC(=O)OC(C)(C)C)nc2c1c(=O)n(C)c(=O)n2C. The largest absolute Gasteiger partial charge is 0.444 e. The Morgan fingerprint density at radius 3 is 2.44 bits per heavy atom. The fraction of sp³-hybridized carbons (Fsp3) is 0.667. The maximum absolute atomic E-state index is 13.1. The minimum Gasteiger partial charge on any atom is -0.444 e. The summed E-state index contributed by atoms with van der Waals surface area (Å²) in [5.74, 6) is 0.591. The van der Waals surface area contributed by atoms with Gasteiger partial charge in [-0.3, -0.25) is 13.9 Å². The Labute approximate surface area is 200 Å². The zero-order valence-electron chi connectivity index (χ0n) is 21.6. The topological polar surface area (TPSA) is 103 Å². The van der Waals surface area contributed by atoms with E-state index >= 15 is 0 Å². The fourth-order valence-corrected chi connectivity index (χ4v) is 4.50. The molecule has 2 heterocycles. The number of amides is 1. The number of anilines is 1. The summed E-state index contributed by atoms with van der Waals surface area (Å²) in [4.78, 5) is 45.0. The number of likely N-dealkylation sites (N-methyl/N-ethyl adjacent to an activating group) is 1. The molecule has 0 bridgehead atoms. The Morgan fingerprint density at radius 1 is 1.18 bits per heavy atom. The molecule has 1 aliphatic rings. The molecule has 2 aromatic heterocycles. The van der Waals surface area contributed by atoms with Crippen molar-refractivity contribution in [3.05, 3.63) is 32.5 Å². The van der Waals surface area contributed by atoms with Gasteiger partial charge < -0.3 is 19.5 Å². The number of fused-ring (bicyclic) bond motifs is 1. The molecule has 3 rings (SSSR count). The molecule has 1 aliphatic carbocycles. The number of allylic oxidation sites excluding steroid dienone is 2. The number of aromatic nitrogens is 4. The first kappa shape index (κ1) is 25.6. The minimum atomic E-state index is -0.580. The minimum absolute atomic E-state index is 0.0376. The zero-order chi connectivity index (χ0) is 25.4. The molecule has 1 fully saturated rings. The zero-order valence-corrected chi connectivity index (χ0v) is 21.6. The van der Waals surface area contributed by atoms with Crippen molar-refractivity contribution >= 4 is 23.2 Å². The van der Waals surface area contributed by atoms with Gasteiger partial charge in [-0.2, -0.15) is 4.98 Å². The molecule has 10 heteroatoms. The molecule has 0 saturated heterocycles. The summed E-state index contributed by atoms with van der Waals surface area (Å²) in [5, 5.41) is 3.05. The lowest BCUT2D eigenvalue weighted by Crippen LogP contribution is -2.53. The molecule has 0 aliphatic heterocycles.